The fraction of sp³-hybridized carbons (Fsp3) is 0.200. The van der Waals surface area contributed by atoms with E-state index >= 15 is 0 Å². The number of nitrogens with zero attached hydrogens (tertiary/aromatic N) is 4. The number of amides is 1. The van der Waals surface area contributed by atoms with Crippen LogP contribution in [0.4, 0.5) is 11.4 Å². The molecule has 0 saturated carbocycles. The number of nitrogens with one attached hydrogen (secondary N) is 1. The lowest BCUT2D eigenvalue weighted by molar-refractivity contribution is -0.384. The summed E-state index contributed by atoms with van der Waals surface area (Å²) < 4.78 is 1.43. The summed E-state index contributed by atoms with van der Waals surface area (Å²) in [5, 5.41) is 23.1. The molecule has 126 valence electrons. The third kappa shape index (κ3) is 3.36. The third-order valence-corrected chi connectivity index (χ3v) is 4.83. The summed E-state index contributed by atoms with van der Waals surface area (Å²) in [6.07, 6.45) is 1.43. The van der Waals surface area contributed by atoms with E-state index in [1.54, 1.807) is 0 Å². The number of nitro benzene ring substituents is 1. The fourth-order valence-electron chi connectivity index (χ4n) is 2.39. The maximum Gasteiger partial charge on any atom is 0.270 e. The van der Waals surface area contributed by atoms with Gasteiger partial charge in [0.25, 0.3) is 11.2 Å². The fourth-order valence-corrected chi connectivity index (χ4v) is 3.45. The summed E-state index contributed by atoms with van der Waals surface area (Å²) in [5.74, 6) is -0.405. The molecule has 1 aliphatic rings. The maximum absolute atomic E-state index is 12.5. The Balaban J connectivity index is 1.80. The molecule has 2 heterocycles. The molecule has 1 aromatic heterocycles. The van der Waals surface area contributed by atoms with Crippen LogP contribution in [0.1, 0.15) is 5.56 Å². The van der Waals surface area contributed by atoms with Gasteiger partial charge in [0, 0.05) is 36.7 Å². The first-order chi connectivity index (χ1) is 12.0. The first-order valence-electron chi connectivity index (χ1n) is 7.17. The minimum atomic E-state index is -0.611. The van der Waals surface area contributed by atoms with Crippen molar-refractivity contribution in [3.05, 3.63) is 56.5 Å². The smallest absolute Gasteiger partial charge is 0.270 e. The molecule has 25 heavy (non-hydrogen) atoms. The number of non-ortho nitro benzene ring substituents is 1. The van der Waals surface area contributed by atoms with E-state index in [4.69, 9.17) is 5.26 Å². The number of hydrogen-bond donors (Lipinski definition) is 1. The average Bonchev–Trinajstić information content (AvgIpc) is 2.62. The number of anilines is 1. The lowest BCUT2D eigenvalue weighted by Gasteiger charge is -2.23. The third-order valence-electron chi connectivity index (χ3n) is 3.68. The molecule has 0 radical (unpaired) electrons. The van der Waals surface area contributed by atoms with Gasteiger partial charge in [0.2, 0.25) is 5.91 Å². The summed E-state index contributed by atoms with van der Waals surface area (Å²) in [6.45, 7) is 0.190. The summed E-state index contributed by atoms with van der Waals surface area (Å²) in [5.41, 5.74) is -0.255. The van der Waals surface area contributed by atoms with Crippen LogP contribution in [0.2, 0.25) is 0 Å². The number of carbonyl (C=O) groups is 1. The highest BCUT2D eigenvalue weighted by Gasteiger charge is 2.27. The molecule has 1 unspecified atom stereocenters. The van der Waals surface area contributed by atoms with E-state index in [1.807, 2.05) is 6.07 Å². The van der Waals surface area contributed by atoms with Crippen LogP contribution >= 0.6 is 11.8 Å². The molecule has 1 atom stereocenters. The van der Waals surface area contributed by atoms with Crippen LogP contribution in [0.3, 0.4) is 0 Å². The minimum absolute atomic E-state index is 0.00486. The zero-order chi connectivity index (χ0) is 18.0. The van der Waals surface area contributed by atoms with E-state index in [1.165, 1.54) is 40.7 Å². The molecule has 2 aromatic rings. The number of fused-ring (bicyclic) bond motifs is 1. The number of benzene rings is 1. The molecule has 1 N–H and O–H groups in total. The van der Waals surface area contributed by atoms with Gasteiger partial charge in [-0.05, 0) is 6.07 Å². The van der Waals surface area contributed by atoms with Crippen molar-refractivity contribution in [3.63, 3.8) is 0 Å². The van der Waals surface area contributed by atoms with Crippen LogP contribution in [0.5, 0.6) is 0 Å². The van der Waals surface area contributed by atoms with Crippen LogP contribution in [0, 0.1) is 27.4 Å². The Hall–Kier alpha value is -3.19. The normalized spacial score (nSPS) is 15.7. The highest BCUT2D eigenvalue weighted by molar-refractivity contribution is 7.99. The largest absolute Gasteiger partial charge is 0.325 e. The van der Waals surface area contributed by atoms with Gasteiger partial charge in [-0.15, -0.1) is 0 Å². The predicted octanol–water partition coefficient (Wildman–Crippen LogP) is 1.38. The Morgan fingerprint density at radius 2 is 2.28 bits per heavy atom. The Morgan fingerprint density at radius 3 is 3.00 bits per heavy atom. The second kappa shape index (κ2) is 6.74. The van der Waals surface area contributed by atoms with E-state index < -0.39 is 10.8 Å². The summed E-state index contributed by atoms with van der Waals surface area (Å²) in [4.78, 5) is 38.6. The molecule has 1 aromatic carbocycles. The van der Waals surface area contributed by atoms with Gasteiger partial charge in [0.15, 0.2) is 5.16 Å². The van der Waals surface area contributed by atoms with Gasteiger partial charge in [0.05, 0.1) is 22.1 Å². The lowest BCUT2D eigenvalue weighted by atomic mass is 10.1. The van der Waals surface area contributed by atoms with Crippen LogP contribution in [0.25, 0.3) is 0 Å². The molecule has 1 amide bonds. The topological polar surface area (TPSA) is 131 Å². The monoisotopic (exact) mass is 357 g/mol. The molecule has 0 aliphatic carbocycles. The SMILES string of the molecule is N#Cc1cc([N+](=O)[O-])ccc1NC(=O)C1CSc2nccc(=O)n2C1. The Kier molecular flexibility index (Phi) is 4.49. The molecular formula is C15H11N5O4S. The number of hydrogen-bond acceptors (Lipinski definition) is 7. The van der Waals surface area contributed by atoms with Crippen LogP contribution < -0.4 is 10.9 Å². The summed E-state index contributed by atoms with van der Waals surface area (Å²) >= 11 is 1.30. The van der Waals surface area contributed by atoms with Crippen molar-refractivity contribution in [1.82, 2.24) is 9.55 Å². The van der Waals surface area contributed by atoms with Crippen molar-refractivity contribution in [2.24, 2.45) is 5.92 Å². The van der Waals surface area contributed by atoms with E-state index in [0.29, 0.717) is 10.9 Å². The van der Waals surface area contributed by atoms with Crippen LogP contribution in [-0.2, 0) is 11.3 Å². The van der Waals surface area contributed by atoms with Crippen LogP contribution in [0.15, 0.2) is 40.4 Å². The van der Waals surface area contributed by atoms with Gasteiger partial charge >= 0.3 is 0 Å². The first kappa shape index (κ1) is 16.7. The summed E-state index contributed by atoms with van der Waals surface area (Å²) in [7, 11) is 0. The minimum Gasteiger partial charge on any atom is -0.325 e. The zero-order valence-electron chi connectivity index (χ0n) is 12.7. The molecule has 0 bridgehead atoms. The van der Waals surface area contributed by atoms with Gasteiger partial charge in [0.1, 0.15) is 6.07 Å². The predicted molar refractivity (Wildman–Crippen MR) is 89.2 cm³/mol. The highest BCUT2D eigenvalue weighted by atomic mass is 32.2. The van der Waals surface area contributed by atoms with Crippen molar-refractivity contribution >= 4 is 29.0 Å². The lowest BCUT2D eigenvalue weighted by Crippen LogP contribution is -2.36. The number of carbonyl (C=O) groups excluding carboxylic acids is 1. The van der Waals surface area contributed by atoms with Crippen LogP contribution in [-0.4, -0.2) is 26.1 Å². The number of aromatic nitrogens is 2. The highest BCUT2D eigenvalue weighted by Crippen LogP contribution is 2.27. The molecule has 0 spiro atoms. The van der Waals surface area contributed by atoms with Gasteiger partial charge in [-0.2, -0.15) is 5.26 Å². The van der Waals surface area contributed by atoms with E-state index in [2.05, 4.69) is 10.3 Å². The Bertz CT molecular complexity index is 965. The summed E-state index contributed by atoms with van der Waals surface area (Å²) in [6, 6.07) is 6.81. The molecule has 3 rings (SSSR count). The molecule has 10 heteroatoms. The quantitative estimate of drug-likeness (QED) is 0.499. The Labute approximate surface area is 145 Å². The van der Waals surface area contributed by atoms with Gasteiger partial charge in [-0.1, -0.05) is 11.8 Å². The number of nitriles is 1. The molecule has 1 aliphatic heterocycles. The van der Waals surface area contributed by atoms with E-state index in [9.17, 15) is 19.7 Å². The molecule has 9 nitrogen and oxygen atoms in total. The van der Waals surface area contributed by atoms with Crippen molar-refractivity contribution in [3.8, 4) is 6.07 Å². The van der Waals surface area contributed by atoms with Crippen molar-refractivity contribution < 1.29 is 9.72 Å². The molecular weight excluding hydrogens is 346 g/mol. The van der Waals surface area contributed by atoms with Crippen molar-refractivity contribution in [1.29, 1.82) is 5.26 Å². The standard InChI is InChI=1S/C15H11N5O4S/c16-6-9-5-11(20(23)24)1-2-12(9)18-14(22)10-7-19-13(21)3-4-17-15(19)25-8-10/h1-5,10H,7-8H2,(H,18,22). The first-order valence-corrected chi connectivity index (χ1v) is 8.16. The van der Waals surface area contributed by atoms with E-state index in [-0.39, 0.29) is 34.9 Å². The zero-order valence-corrected chi connectivity index (χ0v) is 13.5. The average molecular weight is 357 g/mol. The van der Waals surface area contributed by atoms with Gasteiger partial charge < -0.3 is 5.32 Å². The Morgan fingerprint density at radius 1 is 1.48 bits per heavy atom. The van der Waals surface area contributed by atoms with Crippen molar-refractivity contribution in [2.75, 3.05) is 11.1 Å². The molecule has 0 fully saturated rings. The van der Waals surface area contributed by atoms with Gasteiger partial charge in [-0.25, -0.2) is 4.98 Å². The number of rotatable bonds is 3. The second-order valence-corrected chi connectivity index (χ2v) is 6.26. The van der Waals surface area contributed by atoms with Crippen molar-refractivity contribution in [2.45, 2.75) is 11.7 Å². The van der Waals surface area contributed by atoms with Gasteiger partial charge in [-0.3, -0.25) is 24.3 Å². The second-order valence-electron chi connectivity index (χ2n) is 5.27. The number of thioether (sulfide) groups is 1. The maximum atomic E-state index is 12.5. The molecule has 0 saturated heterocycles. The van der Waals surface area contributed by atoms with E-state index in [0.717, 1.165) is 6.07 Å². The number of nitro groups is 1.